The molecule has 144 valence electrons. The third-order valence-electron chi connectivity index (χ3n) is 4.50. The summed E-state index contributed by atoms with van der Waals surface area (Å²) in [5, 5.41) is 6.81. The highest BCUT2D eigenvalue weighted by Gasteiger charge is 2.25. The van der Waals surface area contributed by atoms with E-state index in [0.29, 0.717) is 11.7 Å². The van der Waals surface area contributed by atoms with Crippen LogP contribution < -0.4 is 10.6 Å². The Hall–Kier alpha value is -2.60. The first-order valence-corrected chi connectivity index (χ1v) is 10.9. The van der Waals surface area contributed by atoms with Crippen molar-refractivity contribution in [2.45, 2.75) is 43.5 Å². The average molecular weight is 392 g/mol. The second-order valence-corrected chi connectivity index (χ2v) is 8.22. The summed E-state index contributed by atoms with van der Waals surface area (Å²) in [5.74, 6) is 2.78. The van der Waals surface area contributed by atoms with Crippen LogP contribution in [0.5, 0.6) is 0 Å². The molecule has 0 unspecified atom stereocenters. The van der Waals surface area contributed by atoms with Crippen LogP contribution >= 0.6 is 11.8 Å². The van der Waals surface area contributed by atoms with E-state index in [4.69, 9.17) is 15.0 Å². The van der Waals surface area contributed by atoms with Gasteiger partial charge in [-0.05, 0) is 63.3 Å². The maximum Gasteiger partial charge on any atom is 0.182 e. The fraction of sp³-hybridized carbons (Fsp3) is 0.318. The summed E-state index contributed by atoms with van der Waals surface area (Å²) >= 11 is 1.72. The minimum atomic E-state index is 0.279. The van der Waals surface area contributed by atoms with E-state index in [9.17, 15) is 0 Å². The molecule has 1 aliphatic rings. The van der Waals surface area contributed by atoms with Crippen LogP contribution in [0.1, 0.15) is 38.3 Å². The molecule has 1 aromatic carbocycles. The molecule has 5 nitrogen and oxygen atoms in total. The van der Waals surface area contributed by atoms with E-state index in [1.54, 1.807) is 11.8 Å². The molecule has 0 saturated heterocycles. The molecule has 0 amide bonds. The van der Waals surface area contributed by atoms with Crippen molar-refractivity contribution in [3.63, 3.8) is 0 Å². The van der Waals surface area contributed by atoms with Gasteiger partial charge in [-0.1, -0.05) is 12.1 Å². The SMILES string of the molecule is CSc1cccc(Nc2cc(NC(C)C)nc(-c3cccc(C4CC4)n3)n2)c1. The number of rotatable bonds is 7. The van der Waals surface area contributed by atoms with E-state index in [0.717, 1.165) is 28.7 Å². The van der Waals surface area contributed by atoms with Gasteiger partial charge in [-0.15, -0.1) is 11.8 Å². The summed E-state index contributed by atoms with van der Waals surface area (Å²) in [5.41, 5.74) is 2.97. The lowest BCUT2D eigenvalue weighted by atomic mass is 10.2. The van der Waals surface area contributed by atoms with Crippen LogP contribution in [0.25, 0.3) is 11.5 Å². The number of thioether (sulfide) groups is 1. The van der Waals surface area contributed by atoms with E-state index >= 15 is 0 Å². The fourth-order valence-corrected chi connectivity index (χ4v) is 3.49. The van der Waals surface area contributed by atoms with Gasteiger partial charge in [-0.3, -0.25) is 0 Å². The lowest BCUT2D eigenvalue weighted by Crippen LogP contribution is -2.12. The predicted molar refractivity (Wildman–Crippen MR) is 118 cm³/mol. The summed E-state index contributed by atoms with van der Waals surface area (Å²) in [6.07, 6.45) is 4.53. The fourth-order valence-electron chi connectivity index (χ4n) is 3.03. The van der Waals surface area contributed by atoms with Gasteiger partial charge < -0.3 is 10.6 Å². The summed E-state index contributed by atoms with van der Waals surface area (Å²) in [6.45, 7) is 4.20. The van der Waals surface area contributed by atoms with Crippen molar-refractivity contribution in [1.29, 1.82) is 0 Å². The standard InChI is InChI=1S/C22H25N5S/c1-14(2)23-20-13-21(24-16-6-4-7-17(12-16)28-3)27-22(26-20)19-9-5-8-18(25-19)15-10-11-15/h4-9,12-15H,10-11H2,1-3H3,(H2,23,24,26,27). The smallest absolute Gasteiger partial charge is 0.182 e. The Kier molecular flexibility index (Phi) is 5.48. The first-order valence-electron chi connectivity index (χ1n) is 9.65. The zero-order valence-electron chi connectivity index (χ0n) is 16.4. The Morgan fingerprint density at radius 2 is 1.75 bits per heavy atom. The number of hydrogen-bond acceptors (Lipinski definition) is 6. The largest absolute Gasteiger partial charge is 0.368 e. The van der Waals surface area contributed by atoms with Crippen LogP contribution in [0.4, 0.5) is 17.3 Å². The van der Waals surface area contributed by atoms with Crippen LogP contribution in [0.15, 0.2) is 53.4 Å². The maximum absolute atomic E-state index is 4.82. The minimum absolute atomic E-state index is 0.279. The van der Waals surface area contributed by atoms with E-state index in [1.165, 1.54) is 17.7 Å². The molecule has 0 aliphatic heterocycles. The monoisotopic (exact) mass is 391 g/mol. The summed E-state index contributed by atoms with van der Waals surface area (Å²) in [7, 11) is 0. The molecule has 28 heavy (non-hydrogen) atoms. The van der Waals surface area contributed by atoms with Gasteiger partial charge >= 0.3 is 0 Å². The van der Waals surface area contributed by atoms with Gasteiger partial charge in [0.2, 0.25) is 0 Å². The first-order chi connectivity index (χ1) is 13.6. The van der Waals surface area contributed by atoms with Crippen molar-refractivity contribution in [3.8, 4) is 11.5 Å². The first kappa shape index (κ1) is 18.7. The lowest BCUT2D eigenvalue weighted by molar-refractivity contribution is 0.886. The molecule has 2 aromatic heterocycles. The van der Waals surface area contributed by atoms with Gasteiger partial charge in [-0.25, -0.2) is 15.0 Å². The summed E-state index contributed by atoms with van der Waals surface area (Å²) in [4.78, 5) is 15.5. The molecule has 1 saturated carbocycles. The number of aromatic nitrogens is 3. The van der Waals surface area contributed by atoms with Gasteiger partial charge in [0.05, 0.1) is 0 Å². The molecule has 2 heterocycles. The molecule has 2 N–H and O–H groups in total. The number of nitrogens with zero attached hydrogens (tertiary/aromatic N) is 3. The molecule has 3 aromatic rings. The number of anilines is 3. The van der Waals surface area contributed by atoms with Gasteiger partial charge in [0, 0.05) is 34.3 Å². The topological polar surface area (TPSA) is 62.7 Å². The molecule has 6 heteroatoms. The van der Waals surface area contributed by atoms with Gasteiger partial charge in [0.1, 0.15) is 17.3 Å². The Morgan fingerprint density at radius 1 is 0.964 bits per heavy atom. The van der Waals surface area contributed by atoms with Crippen molar-refractivity contribution in [1.82, 2.24) is 15.0 Å². The molecule has 1 aliphatic carbocycles. The Balaban J connectivity index is 1.69. The highest BCUT2D eigenvalue weighted by molar-refractivity contribution is 7.98. The van der Waals surface area contributed by atoms with Crippen LogP contribution in [-0.2, 0) is 0 Å². The zero-order valence-corrected chi connectivity index (χ0v) is 17.3. The van der Waals surface area contributed by atoms with Crippen molar-refractivity contribution in [3.05, 3.63) is 54.2 Å². The average Bonchev–Trinajstić information content (AvgIpc) is 3.53. The van der Waals surface area contributed by atoms with Crippen molar-refractivity contribution in [2.75, 3.05) is 16.9 Å². The molecule has 4 rings (SSSR count). The van der Waals surface area contributed by atoms with Crippen LogP contribution in [0, 0.1) is 0 Å². The molecular weight excluding hydrogens is 366 g/mol. The Bertz CT molecular complexity index is 969. The molecule has 1 fully saturated rings. The molecule has 0 bridgehead atoms. The molecule has 0 atom stereocenters. The Labute approximate surface area is 170 Å². The van der Waals surface area contributed by atoms with E-state index in [-0.39, 0.29) is 6.04 Å². The third kappa shape index (κ3) is 4.62. The molecule has 0 radical (unpaired) electrons. The summed E-state index contributed by atoms with van der Waals surface area (Å²) in [6, 6.07) is 16.7. The van der Waals surface area contributed by atoms with E-state index < -0.39 is 0 Å². The number of hydrogen-bond donors (Lipinski definition) is 2. The van der Waals surface area contributed by atoms with E-state index in [2.05, 4.69) is 55.0 Å². The van der Waals surface area contributed by atoms with Crippen LogP contribution in [-0.4, -0.2) is 27.2 Å². The highest BCUT2D eigenvalue weighted by atomic mass is 32.2. The summed E-state index contributed by atoms with van der Waals surface area (Å²) < 4.78 is 0. The number of nitrogens with one attached hydrogen (secondary N) is 2. The third-order valence-corrected chi connectivity index (χ3v) is 5.23. The van der Waals surface area contributed by atoms with Gasteiger partial charge in [0.15, 0.2) is 5.82 Å². The second-order valence-electron chi connectivity index (χ2n) is 7.34. The maximum atomic E-state index is 4.82. The molecular formula is C22H25N5S. The van der Waals surface area contributed by atoms with Gasteiger partial charge in [0.25, 0.3) is 0 Å². The normalized spacial score (nSPS) is 13.6. The van der Waals surface area contributed by atoms with Crippen molar-refractivity contribution in [2.24, 2.45) is 0 Å². The van der Waals surface area contributed by atoms with Crippen molar-refractivity contribution < 1.29 is 0 Å². The lowest BCUT2D eigenvalue weighted by Gasteiger charge is -2.14. The number of benzene rings is 1. The van der Waals surface area contributed by atoms with Crippen molar-refractivity contribution >= 4 is 29.1 Å². The van der Waals surface area contributed by atoms with Crippen LogP contribution in [0.2, 0.25) is 0 Å². The minimum Gasteiger partial charge on any atom is -0.368 e. The zero-order chi connectivity index (χ0) is 19.5. The predicted octanol–water partition coefficient (Wildman–Crippen LogP) is 5.70. The molecule has 0 spiro atoms. The second kappa shape index (κ2) is 8.19. The van der Waals surface area contributed by atoms with Crippen LogP contribution in [0.3, 0.4) is 0 Å². The number of pyridine rings is 1. The quantitative estimate of drug-likeness (QED) is 0.504. The highest BCUT2D eigenvalue weighted by Crippen LogP contribution is 2.39. The Morgan fingerprint density at radius 3 is 2.50 bits per heavy atom. The van der Waals surface area contributed by atoms with Gasteiger partial charge in [-0.2, -0.15) is 0 Å². The van der Waals surface area contributed by atoms with E-state index in [1.807, 2.05) is 24.3 Å².